The second-order valence-electron chi connectivity index (χ2n) is 5.98. The second-order valence-corrected chi connectivity index (χ2v) is 5.98. The van der Waals surface area contributed by atoms with Crippen LogP contribution in [-0.4, -0.2) is 22.6 Å². The molecule has 1 saturated carbocycles. The average Bonchev–Trinajstić information content (AvgIpc) is 2.38. The fourth-order valence-corrected chi connectivity index (χ4v) is 2.94. The molecule has 1 heterocycles. The zero-order chi connectivity index (χ0) is 13.0. The number of nitrogens with one attached hydrogen (secondary N) is 1. The Morgan fingerprint density at radius 2 is 2.17 bits per heavy atom. The number of rotatable bonds is 4. The molecule has 0 aromatic carbocycles. The molecule has 0 aliphatic heterocycles. The van der Waals surface area contributed by atoms with Gasteiger partial charge in [-0.1, -0.05) is 27.2 Å². The molecule has 0 saturated heterocycles. The van der Waals surface area contributed by atoms with Crippen LogP contribution in [0.3, 0.4) is 0 Å². The lowest BCUT2D eigenvalue weighted by atomic mass is 9.73. The lowest BCUT2D eigenvalue weighted by Gasteiger charge is -2.35. The molecule has 0 spiro atoms. The molecule has 1 aliphatic rings. The second kappa shape index (κ2) is 6.28. The van der Waals surface area contributed by atoms with Crippen LogP contribution in [-0.2, 0) is 0 Å². The molecule has 100 valence electrons. The first-order valence-electron chi connectivity index (χ1n) is 7.16. The molecule has 3 atom stereocenters. The van der Waals surface area contributed by atoms with Crippen molar-refractivity contribution < 1.29 is 0 Å². The van der Waals surface area contributed by atoms with E-state index >= 15 is 0 Å². The van der Waals surface area contributed by atoms with Crippen LogP contribution in [0.4, 0.5) is 0 Å². The predicted molar refractivity (Wildman–Crippen MR) is 74.4 cm³/mol. The Kier molecular flexibility index (Phi) is 4.70. The van der Waals surface area contributed by atoms with Crippen LogP contribution in [0, 0.1) is 11.8 Å². The van der Waals surface area contributed by atoms with Gasteiger partial charge in [0.25, 0.3) is 0 Å². The van der Waals surface area contributed by atoms with Gasteiger partial charge in [0.1, 0.15) is 0 Å². The molecule has 3 unspecified atom stereocenters. The Hall–Kier alpha value is -0.960. The standard InChI is InChI=1S/C15H25N3/c1-11(2)18-9-13-5-4-12(3)8-14(13)15-10-16-6-7-17-15/h6-7,10-14,18H,4-5,8-9H2,1-3H3. The van der Waals surface area contributed by atoms with Crippen molar-refractivity contribution in [2.24, 2.45) is 11.8 Å². The number of hydrogen-bond donors (Lipinski definition) is 1. The topological polar surface area (TPSA) is 37.8 Å². The van der Waals surface area contributed by atoms with Gasteiger partial charge in [-0.05, 0) is 31.2 Å². The molecule has 1 aromatic heterocycles. The summed E-state index contributed by atoms with van der Waals surface area (Å²) < 4.78 is 0. The number of hydrogen-bond acceptors (Lipinski definition) is 3. The molecule has 18 heavy (non-hydrogen) atoms. The van der Waals surface area contributed by atoms with E-state index in [0.29, 0.717) is 17.9 Å². The van der Waals surface area contributed by atoms with Crippen LogP contribution in [0.5, 0.6) is 0 Å². The summed E-state index contributed by atoms with van der Waals surface area (Å²) in [6, 6.07) is 0.562. The maximum absolute atomic E-state index is 4.52. The van der Waals surface area contributed by atoms with E-state index in [9.17, 15) is 0 Å². The quantitative estimate of drug-likeness (QED) is 0.889. The fraction of sp³-hybridized carbons (Fsp3) is 0.733. The van der Waals surface area contributed by atoms with Crippen molar-refractivity contribution in [1.82, 2.24) is 15.3 Å². The van der Waals surface area contributed by atoms with Crippen molar-refractivity contribution in [1.29, 1.82) is 0 Å². The van der Waals surface area contributed by atoms with Crippen molar-refractivity contribution in [2.45, 2.75) is 52.0 Å². The van der Waals surface area contributed by atoms with Crippen molar-refractivity contribution in [3.8, 4) is 0 Å². The third-order valence-corrected chi connectivity index (χ3v) is 4.01. The monoisotopic (exact) mass is 247 g/mol. The summed E-state index contributed by atoms with van der Waals surface area (Å²) in [5.41, 5.74) is 1.18. The van der Waals surface area contributed by atoms with Crippen LogP contribution in [0.2, 0.25) is 0 Å². The highest BCUT2D eigenvalue weighted by Crippen LogP contribution is 2.39. The van der Waals surface area contributed by atoms with Crippen molar-refractivity contribution >= 4 is 0 Å². The molecule has 1 aliphatic carbocycles. The fourth-order valence-electron chi connectivity index (χ4n) is 2.94. The molecule has 0 bridgehead atoms. The SMILES string of the molecule is CC1CCC(CNC(C)C)C(c2cnccn2)C1. The van der Waals surface area contributed by atoms with Gasteiger partial charge in [-0.3, -0.25) is 9.97 Å². The maximum Gasteiger partial charge on any atom is 0.0620 e. The lowest BCUT2D eigenvalue weighted by Crippen LogP contribution is -2.35. The first-order valence-corrected chi connectivity index (χ1v) is 7.16. The van der Waals surface area contributed by atoms with Gasteiger partial charge in [0.15, 0.2) is 0 Å². The summed E-state index contributed by atoms with van der Waals surface area (Å²) in [5.74, 6) is 2.10. The Balaban J connectivity index is 2.06. The van der Waals surface area contributed by atoms with Gasteiger partial charge in [0.05, 0.1) is 5.69 Å². The van der Waals surface area contributed by atoms with Gasteiger partial charge in [-0.25, -0.2) is 0 Å². The zero-order valence-electron chi connectivity index (χ0n) is 11.8. The summed E-state index contributed by atoms with van der Waals surface area (Å²) in [5, 5.41) is 3.58. The van der Waals surface area contributed by atoms with E-state index in [-0.39, 0.29) is 0 Å². The largest absolute Gasteiger partial charge is 0.314 e. The van der Waals surface area contributed by atoms with E-state index in [2.05, 4.69) is 36.1 Å². The summed E-state index contributed by atoms with van der Waals surface area (Å²) in [4.78, 5) is 8.76. The van der Waals surface area contributed by atoms with E-state index in [0.717, 1.165) is 12.5 Å². The first kappa shape index (κ1) is 13.5. The molecular weight excluding hydrogens is 222 g/mol. The molecule has 1 aromatic rings. The highest BCUT2D eigenvalue weighted by Gasteiger charge is 2.30. The smallest absolute Gasteiger partial charge is 0.0620 e. The number of nitrogens with zero attached hydrogens (tertiary/aromatic N) is 2. The summed E-state index contributed by atoms with van der Waals surface area (Å²) >= 11 is 0. The normalized spacial score (nSPS) is 28.6. The van der Waals surface area contributed by atoms with Gasteiger partial charge in [-0.2, -0.15) is 0 Å². The van der Waals surface area contributed by atoms with Crippen LogP contribution in [0.15, 0.2) is 18.6 Å². The minimum atomic E-state index is 0.562. The van der Waals surface area contributed by atoms with Crippen molar-refractivity contribution in [2.75, 3.05) is 6.54 Å². The first-order chi connectivity index (χ1) is 8.66. The van der Waals surface area contributed by atoms with Crippen molar-refractivity contribution in [3.05, 3.63) is 24.3 Å². The zero-order valence-corrected chi connectivity index (χ0v) is 11.8. The third-order valence-electron chi connectivity index (χ3n) is 4.01. The summed E-state index contributed by atoms with van der Waals surface area (Å²) in [7, 11) is 0. The highest BCUT2D eigenvalue weighted by molar-refractivity contribution is 5.07. The van der Waals surface area contributed by atoms with E-state index in [1.165, 1.54) is 25.0 Å². The summed E-state index contributed by atoms with van der Waals surface area (Å²) in [6.07, 6.45) is 9.44. The van der Waals surface area contributed by atoms with Crippen LogP contribution < -0.4 is 5.32 Å². The Morgan fingerprint density at radius 3 is 2.83 bits per heavy atom. The van der Waals surface area contributed by atoms with Crippen LogP contribution >= 0.6 is 0 Å². The third kappa shape index (κ3) is 3.52. The molecule has 0 radical (unpaired) electrons. The van der Waals surface area contributed by atoms with Crippen LogP contribution in [0.1, 0.15) is 51.6 Å². The van der Waals surface area contributed by atoms with Crippen molar-refractivity contribution in [3.63, 3.8) is 0 Å². The molecule has 3 heteroatoms. The van der Waals surface area contributed by atoms with Gasteiger partial charge in [-0.15, -0.1) is 0 Å². The predicted octanol–water partition coefficient (Wildman–Crippen LogP) is 2.99. The Bertz CT molecular complexity index is 350. The van der Waals surface area contributed by atoms with Gasteiger partial charge in [0, 0.05) is 30.6 Å². The summed E-state index contributed by atoms with van der Waals surface area (Å²) in [6.45, 7) is 7.88. The van der Waals surface area contributed by atoms with Gasteiger partial charge in [0.2, 0.25) is 0 Å². The van der Waals surface area contributed by atoms with Crippen LogP contribution in [0.25, 0.3) is 0 Å². The minimum absolute atomic E-state index is 0.562. The Labute approximate surface area is 110 Å². The van der Waals surface area contributed by atoms with E-state index < -0.39 is 0 Å². The molecule has 1 N–H and O–H groups in total. The average molecular weight is 247 g/mol. The molecule has 1 fully saturated rings. The van der Waals surface area contributed by atoms with E-state index in [4.69, 9.17) is 0 Å². The molecule has 0 amide bonds. The van der Waals surface area contributed by atoms with Gasteiger partial charge >= 0.3 is 0 Å². The maximum atomic E-state index is 4.52. The van der Waals surface area contributed by atoms with E-state index in [1.54, 1.807) is 6.20 Å². The molecule has 3 nitrogen and oxygen atoms in total. The lowest BCUT2D eigenvalue weighted by molar-refractivity contribution is 0.234. The molecule has 2 rings (SSSR count). The molecular formula is C15H25N3. The van der Waals surface area contributed by atoms with Gasteiger partial charge < -0.3 is 5.32 Å². The Morgan fingerprint density at radius 1 is 1.33 bits per heavy atom. The highest BCUT2D eigenvalue weighted by atomic mass is 14.9. The number of aromatic nitrogens is 2. The van der Waals surface area contributed by atoms with E-state index in [1.807, 2.05) is 12.4 Å². The minimum Gasteiger partial charge on any atom is -0.314 e.